The quantitative estimate of drug-likeness (QED) is 0.0870. The number of rotatable bonds is 12. The number of ether oxygens (including phenoxy) is 2. The predicted octanol–water partition coefficient (Wildman–Crippen LogP) is 8.20. The van der Waals surface area contributed by atoms with Crippen molar-refractivity contribution < 1.29 is 23.9 Å². The van der Waals surface area contributed by atoms with Crippen LogP contribution >= 0.6 is 23.1 Å². The van der Waals surface area contributed by atoms with E-state index in [2.05, 4.69) is 20.9 Å². The number of hydrogen-bond acceptors (Lipinski definition) is 8. The highest BCUT2D eigenvalue weighted by molar-refractivity contribution is 8.00. The first kappa shape index (κ1) is 34.0. The molecule has 3 amide bonds. The van der Waals surface area contributed by atoms with Gasteiger partial charge in [-0.3, -0.25) is 14.4 Å². The lowest BCUT2D eigenvalue weighted by molar-refractivity contribution is -0.116. The lowest BCUT2D eigenvalue weighted by atomic mass is 10.1. The fourth-order valence-electron chi connectivity index (χ4n) is 5.10. The van der Waals surface area contributed by atoms with Crippen LogP contribution in [0.3, 0.4) is 0 Å². The summed E-state index contributed by atoms with van der Waals surface area (Å²) in [6, 6.07) is 38.3. The number of hydrogen-bond donors (Lipinski definition) is 3. The summed E-state index contributed by atoms with van der Waals surface area (Å²) in [6.07, 6.45) is 1.54. The number of amides is 3. The Bertz CT molecular complexity index is 2140. The fraction of sp³-hybridized carbons (Fsp3) is 0.0769. The number of aromatic nitrogens is 1. The average Bonchev–Trinajstić information content (AvgIpc) is 3.56. The molecule has 11 heteroatoms. The molecular formula is C39H32N4O5S2. The van der Waals surface area contributed by atoms with Gasteiger partial charge in [-0.15, -0.1) is 11.8 Å². The SMILES string of the molecule is COc1cccc(/C=C(/NC(=O)c2ccccc2)C(=O)Nc2cccc(SC(C(=O)Nc3nc4ccccc4s3)c3ccccc3)c2)c1OC. The number of thiazole rings is 1. The van der Waals surface area contributed by atoms with E-state index in [4.69, 9.17) is 9.47 Å². The van der Waals surface area contributed by atoms with Crippen LogP contribution < -0.4 is 25.4 Å². The number of thioether (sulfide) groups is 1. The zero-order valence-corrected chi connectivity index (χ0v) is 28.7. The van der Waals surface area contributed by atoms with Crippen molar-refractivity contribution in [2.24, 2.45) is 0 Å². The van der Waals surface area contributed by atoms with Gasteiger partial charge in [-0.25, -0.2) is 4.98 Å². The second-order valence-electron chi connectivity index (χ2n) is 10.8. The van der Waals surface area contributed by atoms with Crippen LogP contribution in [0.2, 0.25) is 0 Å². The summed E-state index contributed by atoms with van der Waals surface area (Å²) in [5, 5.41) is 8.56. The molecule has 3 N–H and O–H groups in total. The zero-order valence-electron chi connectivity index (χ0n) is 27.1. The number of carbonyl (C=O) groups is 3. The molecular weight excluding hydrogens is 669 g/mol. The van der Waals surface area contributed by atoms with Gasteiger partial charge in [0.15, 0.2) is 16.6 Å². The number of methoxy groups -OCH3 is 2. The van der Waals surface area contributed by atoms with E-state index < -0.39 is 17.1 Å². The molecule has 0 aliphatic rings. The van der Waals surface area contributed by atoms with Crippen molar-refractivity contribution in [3.63, 3.8) is 0 Å². The topological polar surface area (TPSA) is 119 Å². The Morgan fingerprint density at radius 2 is 1.50 bits per heavy atom. The van der Waals surface area contributed by atoms with E-state index in [1.165, 1.54) is 43.4 Å². The Labute approximate surface area is 297 Å². The maximum Gasteiger partial charge on any atom is 0.272 e. The van der Waals surface area contributed by atoms with Crippen LogP contribution in [0.1, 0.15) is 26.7 Å². The number of benzene rings is 5. The van der Waals surface area contributed by atoms with E-state index in [0.717, 1.165) is 20.7 Å². The summed E-state index contributed by atoms with van der Waals surface area (Å²) in [7, 11) is 3.02. The smallest absolute Gasteiger partial charge is 0.272 e. The monoisotopic (exact) mass is 700 g/mol. The van der Waals surface area contributed by atoms with Crippen LogP contribution in [0.4, 0.5) is 10.8 Å². The summed E-state index contributed by atoms with van der Waals surface area (Å²) in [4.78, 5) is 46.1. The summed E-state index contributed by atoms with van der Waals surface area (Å²) in [5.41, 5.74) is 3.00. The van der Waals surface area contributed by atoms with Crippen molar-refractivity contribution in [2.75, 3.05) is 24.9 Å². The Balaban J connectivity index is 1.26. The standard InChI is InChI=1S/C39H32N4O5S2/c1-47-32-21-11-17-27(34(32)48-2)23-31(41-36(44)26-15-7-4-8-16-26)37(45)40-28-18-12-19-29(24-28)49-35(25-13-5-3-6-14-25)38(46)43-39-42-30-20-9-10-22-33(30)50-39/h3-24,35H,1-2H3,(H,40,45)(H,41,44)(H,42,43,46)/b31-23+. The van der Waals surface area contributed by atoms with E-state index in [1.54, 1.807) is 66.7 Å². The number of fused-ring (bicyclic) bond motifs is 1. The van der Waals surface area contributed by atoms with Crippen LogP contribution in [0.25, 0.3) is 16.3 Å². The van der Waals surface area contributed by atoms with Crippen molar-refractivity contribution in [3.8, 4) is 11.5 Å². The predicted molar refractivity (Wildman–Crippen MR) is 200 cm³/mol. The van der Waals surface area contributed by atoms with Crippen LogP contribution in [0, 0.1) is 0 Å². The Hall–Kier alpha value is -5.91. The number of nitrogens with zero attached hydrogens (tertiary/aromatic N) is 1. The minimum absolute atomic E-state index is 0.0131. The van der Waals surface area contributed by atoms with Gasteiger partial charge in [0.1, 0.15) is 10.9 Å². The normalized spacial score (nSPS) is 11.8. The number of anilines is 2. The van der Waals surface area contributed by atoms with E-state index in [0.29, 0.717) is 33.4 Å². The van der Waals surface area contributed by atoms with Crippen molar-refractivity contribution in [1.82, 2.24) is 10.3 Å². The van der Waals surface area contributed by atoms with Gasteiger partial charge in [-0.05, 0) is 60.2 Å². The van der Waals surface area contributed by atoms with Gasteiger partial charge in [-0.2, -0.15) is 0 Å². The van der Waals surface area contributed by atoms with Crippen molar-refractivity contribution in [1.29, 1.82) is 0 Å². The molecule has 0 saturated carbocycles. The van der Waals surface area contributed by atoms with Gasteiger partial charge in [0.05, 0.1) is 24.4 Å². The highest BCUT2D eigenvalue weighted by Crippen LogP contribution is 2.38. The summed E-state index contributed by atoms with van der Waals surface area (Å²) >= 11 is 2.76. The Morgan fingerprint density at radius 1 is 0.780 bits per heavy atom. The van der Waals surface area contributed by atoms with Crippen LogP contribution in [-0.4, -0.2) is 36.9 Å². The largest absolute Gasteiger partial charge is 0.493 e. The molecule has 250 valence electrons. The maximum atomic E-state index is 13.8. The molecule has 0 aliphatic carbocycles. The number of carbonyl (C=O) groups excluding carboxylic acids is 3. The maximum absolute atomic E-state index is 13.8. The lowest BCUT2D eigenvalue weighted by Gasteiger charge is -2.17. The first-order valence-electron chi connectivity index (χ1n) is 15.5. The first-order valence-corrected chi connectivity index (χ1v) is 17.2. The van der Waals surface area contributed by atoms with Crippen LogP contribution in [-0.2, 0) is 9.59 Å². The van der Waals surface area contributed by atoms with E-state index in [-0.39, 0.29) is 11.6 Å². The van der Waals surface area contributed by atoms with Gasteiger partial charge in [0.2, 0.25) is 5.91 Å². The summed E-state index contributed by atoms with van der Waals surface area (Å²) in [5.74, 6) is -0.364. The fourth-order valence-corrected chi connectivity index (χ4v) is 7.05. The second-order valence-corrected chi connectivity index (χ2v) is 13.0. The zero-order chi connectivity index (χ0) is 34.9. The van der Waals surface area contributed by atoms with Crippen molar-refractivity contribution in [3.05, 3.63) is 150 Å². The van der Waals surface area contributed by atoms with Crippen molar-refractivity contribution in [2.45, 2.75) is 10.1 Å². The van der Waals surface area contributed by atoms with E-state index >= 15 is 0 Å². The molecule has 0 aliphatic heterocycles. The van der Waals surface area contributed by atoms with Crippen molar-refractivity contribution >= 4 is 67.9 Å². The van der Waals surface area contributed by atoms with E-state index in [1.807, 2.05) is 60.7 Å². The minimum atomic E-state index is -0.615. The Morgan fingerprint density at radius 3 is 2.24 bits per heavy atom. The molecule has 50 heavy (non-hydrogen) atoms. The second kappa shape index (κ2) is 16.0. The highest BCUT2D eigenvalue weighted by atomic mass is 32.2. The van der Waals surface area contributed by atoms with Gasteiger partial charge in [0.25, 0.3) is 11.8 Å². The van der Waals surface area contributed by atoms with Crippen LogP contribution in [0.15, 0.2) is 138 Å². The molecule has 1 heterocycles. The third-order valence-corrected chi connectivity index (χ3v) is 9.67. The van der Waals surface area contributed by atoms with Crippen LogP contribution in [0.5, 0.6) is 11.5 Å². The number of para-hydroxylation sites is 2. The molecule has 0 spiro atoms. The van der Waals surface area contributed by atoms with Gasteiger partial charge >= 0.3 is 0 Å². The summed E-state index contributed by atoms with van der Waals surface area (Å²) < 4.78 is 12.0. The Kier molecular flexibility index (Phi) is 10.9. The molecule has 1 atom stereocenters. The number of nitrogens with one attached hydrogen (secondary N) is 3. The van der Waals surface area contributed by atoms with Gasteiger partial charge in [0, 0.05) is 21.7 Å². The highest BCUT2D eigenvalue weighted by Gasteiger charge is 2.24. The van der Waals surface area contributed by atoms with E-state index in [9.17, 15) is 14.4 Å². The summed E-state index contributed by atoms with van der Waals surface area (Å²) in [6.45, 7) is 0. The molecule has 0 saturated heterocycles. The average molecular weight is 701 g/mol. The molecule has 0 fully saturated rings. The lowest BCUT2D eigenvalue weighted by Crippen LogP contribution is -2.30. The first-order chi connectivity index (χ1) is 24.4. The molecule has 6 aromatic rings. The molecule has 9 nitrogen and oxygen atoms in total. The van der Waals surface area contributed by atoms with Gasteiger partial charge in [-0.1, -0.05) is 90.2 Å². The molecule has 0 radical (unpaired) electrons. The van der Waals surface area contributed by atoms with Gasteiger partial charge < -0.3 is 25.4 Å². The molecule has 0 bridgehead atoms. The third kappa shape index (κ3) is 8.20. The molecule has 6 rings (SSSR count). The molecule has 1 aromatic heterocycles. The molecule has 5 aromatic carbocycles. The molecule has 1 unspecified atom stereocenters. The minimum Gasteiger partial charge on any atom is -0.493 e. The third-order valence-electron chi connectivity index (χ3n) is 7.47.